The van der Waals surface area contributed by atoms with Crippen LogP contribution in [0.4, 0.5) is 0 Å². The summed E-state index contributed by atoms with van der Waals surface area (Å²) in [5.41, 5.74) is 3.34. The van der Waals surface area contributed by atoms with Gasteiger partial charge in [0.25, 0.3) is 5.91 Å². The number of hydrogen-bond acceptors (Lipinski definition) is 8. The molecule has 1 fully saturated rings. The summed E-state index contributed by atoms with van der Waals surface area (Å²) in [6.07, 6.45) is 0. The van der Waals surface area contributed by atoms with Crippen molar-refractivity contribution in [3.05, 3.63) is 83.1 Å². The first kappa shape index (κ1) is 22.8. The van der Waals surface area contributed by atoms with Gasteiger partial charge in [0.1, 0.15) is 18.1 Å². The zero-order valence-electron chi connectivity index (χ0n) is 19.8. The average Bonchev–Trinajstić information content (AvgIpc) is 3.49. The number of nitrogens with zero attached hydrogens (tertiary/aromatic N) is 5. The van der Waals surface area contributed by atoms with Crippen molar-refractivity contribution in [2.24, 2.45) is 0 Å². The van der Waals surface area contributed by atoms with Crippen molar-refractivity contribution >= 4 is 5.91 Å². The predicted molar refractivity (Wildman–Crippen MR) is 128 cm³/mol. The standard InChI is InChI=1S/C26H27N5O4/c1-18-23(19(2)34-28-18)17-33-22-10-8-21(9-11-22)26(32)31-14-12-30(13-15-31)16-24-27-25(29-35-24)20-6-4-3-5-7-20/h3-11H,12-17H2,1-2H3. The Balaban J connectivity index is 1.11. The molecule has 0 N–H and O–H groups in total. The lowest BCUT2D eigenvalue weighted by Crippen LogP contribution is -2.48. The minimum atomic E-state index is 0.0195. The number of carbonyl (C=O) groups excluding carboxylic acids is 1. The molecule has 9 nitrogen and oxygen atoms in total. The molecule has 9 heteroatoms. The van der Waals surface area contributed by atoms with E-state index in [1.807, 2.05) is 61.2 Å². The second-order valence-corrected chi connectivity index (χ2v) is 8.56. The summed E-state index contributed by atoms with van der Waals surface area (Å²) in [4.78, 5) is 21.6. The van der Waals surface area contributed by atoms with Crippen LogP contribution in [-0.2, 0) is 13.2 Å². The molecule has 0 aliphatic carbocycles. The van der Waals surface area contributed by atoms with Crippen molar-refractivity contribution in [1.82, 2.24) is 25.1 Å². The maximum atomic E-state index is 13.0. The Morgan fingerprint density at radius 2 is 1.69 bits per heavy atom. The van der Waals surface area contributed by atoms with Crippen LogP contribution < -0.4 is 4.74 Å². The van der Waals surface area contributed by atoms with E-state index < -0.39 is 0 Å². The summed E-state index contributed by atoms with van der Waals surface area (Å²) >= 11 is 0. The molecule has 4 aromatic rings. The molecule has 0 saturated carbocycles. The van der Waals surface area contributed by atoms with Crippen LogP contribution in [0.1, 0.15) is 33.3 Å². The predicted octanol–water partition coefficient (Wildman–Crippen LogP) is 3.88. The third-order valence-corrected chi connectivity index (χ3v) is 6.18. The molecule has 0 spiro atoms. The minimum Gasteiger partial charge on any atom is -0.489 e. The van der Waals surface area contributed by atoms with E-state index in [4.69, 9.17) is 13.8 Å². The van der Waals surface area contributed by atoms with Gasteiger partial charge in [0, 0.05) is 37.3 Å². The molecule has 180 valence electrons. The molecule has 0 bridgehead atoms. The third kappa shape index (κ3) is 5.25. The number of hydrogen-bond donors (Lipinski definition) is 0. The van der Waals surface area contributed by atoms with Gasteiger partial charge in [-0.25, -0.2) is 0 Å². The van der Waals surface area contributed by atoms with Crippen molar-refractivity contribution in [3.8, 4) is 17.1 Å². The lowest BCUT2D eigenvalue weighted by atomic mass is 10.1. The minimum absolute atomic E-state index is 0.0195. The fourth-order valence-corrected chi connectivity index (χ4v) is 4.06. The van der Waals surface area contributed by atoms with Gasteiger partial charge in [-0.3, -0.25) is 9.69 Å². The number of rotatable bonds is 7. The van der Waals surface area contributed by atoms with Crippen LogP contribution in [0, 0.1) is 13.8 Å². The smallest absolute Gasteiger partial charge is 0.253 e. The van der Waals surface area contributed by atoms with E-state index in [-0.39, 0.29) is 5.91 Å². The normalized spacial score (nSPS) is 14.3. The Labute approximate surface area is 203 Å². The Bertz CT molecular complexity index is 1260. The van der Waals surface area contributed by atoms with E-state index in [2.05, 4.69) is 20.2 Å². The van der Waals surface area contributed by atoms with Crippen molar-refractivity contribution in [1.29, 1.82) is 0 Å². The second kappa shape index (κ2) is 10.1. The van der Waals surface area contributed by atoms with Crippen LogP contribution in [-0.4, -0.2) is 57.2 Å². The molecule has 35 heavy (non-hydrogen) atoms. The molecular formula is C26H27N5O4. The highest BCUT2D eigenvalue weighted by atomic mass is 16.5. The molecule has 0 atom stereocenters. The lowest BCUT2D eigenvalue weighted by molar-refractivity contribution is 0.0615. The Morgan fingerprint density at radius 3 is 2.37 bits per heavy atom. The van der Waals surface area contributed by atoms with E-state index in [1.165, 1.54) is 0 Å². The fraction of sp³-hybridized carbons (Fsp3) is 0.308. The van der Waals surface area contributed by atoms with Gasteiger partial charge in [-0.1, -0.05) is 40.6 Å². The van der Waals surface area contributed by atoms with Gasteiger partial charge in [-0.2, -0.15) is 4.98 Å². The molecule has 5 rings (SSSR count). The van der Waals surface area contributed by atoms with Crippen LogP contribution in [0.5, 0.6) is 5.75 Å². The van der Waals surface area contributed by atoms with Crippen molar-refractivity contribution in [2.45, 2.75) is 27.0 Å². The van der Waals surface area contributed by atoms with E-state index in [0.717, 1.165) is 35.7 Å². The number of aromatic nitrogens is 3. The number of amides is 1. The maximum Gasteiger partial charge on any atom is 0.253 e. The second-order valence-electron chi connectivity index (χ2n) is 8.56. The molecule has 0 unspecified atom stereocenters. The van der Waals surface area contributed by atoms with Gasteiger partial charge < -0.3 is 18.7 Å². The van der Waals surface area contributed by atoms with E-state index in [9.17, 15) is 4.79 Å². The molecular weight excluding hydrogens is 446 g/mol. The Kier molecular flexibility index (Phi) is 6.58. The van der Waals surface area contributed by atoms with Gasteiger partial charge in [0.2, 0.25) is 11.7 Å². The summed E-state index contributed by atoms with van der Waals surface area (Å²) in [7, 11) is 0. The van der Waals surface area contributed by atoms with Crippen molar-refractivity contribution in [3.63, 3.8) is 0 Å². The summed E-state index contributed by atoms with van der Waals surface area (Å²) < 4.78 is 16.4. The SMILES string of the molecule is Cc1noc(C)c1COc1ccc(C(=O)N2CCN(Cc3nc(-c4ccccc4)no3)CC2)cc1. The molecule has 3 heterocycles. The number of piperazine rings is 1. The fourth-order valence-electron chi connectivity index (χ4n) is 4.06. The van der Waals surface area contributed by atoms with Crippen LogP contribution in [0.25, 0.3) is 11.4 Å². The number of carbonyl (C=O) groups is 1. The maximum absolute atomic E-state index is 13.0. The first-order chi connectivity index (χ1) is 17.1. The molecule has 1 aliphatic rings. The molecule has 0 radical (unpaired) electrons. The average molecular weight is 474 g/mol. The first-order valence-corrected chi connectivity index (χ1v) is 11.6. The van der Waals surface area contributed by atoms with Gasteiger partial charge >= 0.3 is 0 Å². The summed E-state index contributed by atoms with van der Waals surface area (Å²) in [5, 5.41) is 8.02. The summed E-state index contributed by atoms with van der Waals surface area (Å²) in [6, 6.07) is 17.0. The molecule has 1 saturated heterocycles. The molecule has 2 aromatic carbocycles. The first-order valence-electron chi connectivity index (χ1n) is 11.6. The highest BCUT2D eigenvalue weighted by Crippen LogP contribution is 2.20. The topological polar surface area (TPSA) is 97.7 Å². The van der Waals surface area contributed by atoms with E-state index >= 15 is 0 Å². The van der Waals surface area contributed by atoms with Gasteiger partial charge in [-0.05, 0) is 38.1 Å². The van der Waals surface area contributed by atoms with Gasteiger partial charge in [0.05, 0.1) is 17.8 Å². The van der Waals surface area contributed by atoms with Crippen molar-refractivity contribution < 1.29 is 18.6 Å². The van der Waals surface area contributed by atoms with E-state index in [0.29, 0.717) is 49.3 Å². The highest BCUT2D eigenvalue weighted by Gasteiger charge is 2.23. The van der Waals surface area contributed by atoms with Crippen molar-refractivity contribution in [2.75, 3.05) is 26.2 Å². The number of benzene rings is 2. The molecule has 1 aliphatic heterocycles. The number of aryl methyl sites for hydroxylation is 2. The summed E-state index contributed by atoms with van der Waals surface area (Å²) in [6.45, 7) is 7.47. The zero-order valence-corrected chi connectivity index (χ0v) is 19.8. The van der Waals surface area contributed by atoms with Gasteiger partial charge in [-0.15, -0.1) is 0 Å². The van der Waals surface area contributed by atoms with Crippen LogP contribution >= 0.6 is 0 Å². The van der Waals surface area contributed by atoms with Crippen LogP contribution in [0.15, 0.2) is 63.6 Å². The van der Waals surface area contributed by atoms with E-state index in [1.54, 1.807) is 12.1 Å². The molecule has 1 amide bonds. The Hall–Kier alpha value is -3.98. The van der Waals surface area contributed by atoms with Crippen LogP contribution in [0.2, 0.25) is 0 Å². The largest absolute Gasteiger partial charge is 0.489 e. The zero-order chi connectivity index (χ0) is 24.2. The number of ether oxygens (including phenoxy) is 1. The molecule has 2 aromatic heterocycles. The third-order valence-electron chi connectivity index (χ3n) is 6.18. The monoisotopic (exact) mass is 473 g/mol. The van der Waals surface area contributed by atoms with Gasteiger partial charge in [0.15, 0.2) is 0 Å². The summed E-state index contributed by atoms with van der Waals surface area (Å²) in [5.74, 6) is 2.64. The Morgan fingerprint density at radius 1 is 0.943 bits per heavy atom. The quantitative estimate of drug-likeness (QED) is 0.399. The highest BCUT2D eigenvalue weighted by molar-refractivity contribution is 5.94. The van der Waals surface area contributed by atoms with Crippen LogP contribution in [0.3, 0.4) is 0 Å². The lowest BCUT2D eigenvalue weighted by Gasteiger charge is -2.34.